The Kier molecular flexibility index (Phi) is 9.79. The Morgan fingerprint density at radius 2 is 1.63 bits per heavy atom. The topological polar surface area (TPSA) is 69.0 Å². The van der Waals surface area contributed by atoms with Crippen molar-refractivity contribution < 1.29 is 14.3 Å². The van der Waals surface area contributed by atoms with Crippen LogP contribution in [0.4, 0.5) is 4.79 Å². The molecule has 262 valence electrons. The summed E-state index contributed by atoms with van der Waals surface area (Å²) in [5.74, 6) is 8.30. The largest absolute Gasteiger partial charge is 0.489 e. The number of amides is 1. The Labute approximate surface area is 298 Å². The van der Waals surface area contributed by atoms with Gasteiger partial charge in [-0.25, -0.2) is 4.79 Å². The Bertz CT molecular complexity index is 1650. The lowest BCUT2D eigenvalue weighted by molar-refractivity contribution is -0.216. The molecule has 1 unspecified atom stereocenters. The van der Waals surface area contributed by atoms with Crippen LogP contribution in [0.3, 0.4) is 0 Å². The Morgan fingerprint density at radius 3 is 2.24 bits per heavy atom. The number of carbonyl (C=O) groups is 1. The molecule has 3 fully saturated rings. The predicted octanol–water partition coefficient (Wildman–Crippen LogP) is 8.43. The van der Waals surface area contributed by atoms with Crippen LogP contribution < -0.4 is 4.74 Å². The molecule has 3 heterocycles. The van der Waals surface area contributed by atoms with Crippen molar-refractivity contribution in [3.63, 3.8) is 0 Å². The van der Waals surface area contributed by atoms with E-state index in [0.29, 0.717) is 40.4 Å². The van der Waals surface area contributed by atoms with Gasteiger partial charge in [-0.2, -0.15) is 5.26 Å². The molecule has 1 amide bonds. The average molecular weight is 685 g/mol. The van der Waals surface area contributed by atoms with Crippen molar-refractivity contribution in [1.82, 2.24) is 14.7 Å². The highest BCUT2D eigenvalue weighted by Crippen LogP contribution is 2.60. The molecular weight excluding hydrogens is 632 g/mol. The second-order valence-electron chi connectivity index (χ2n) is 16.8. The maximum Gasteiger partial charge on any atom is 0.410 e. The number of rotatable bonds is 4. The molecule has 0 bridgehead atoms. The molecule has 0 aromatic heterocycles. The Hall–Kier alpha value is -3.23. The molecule has 0 spiro atoms. The number of likely N-dealkylation sites (tertiary alicyclic amines) is 2. The molecule has 2 saturated heterocycles. The molecule has 6 rings (SSSR count). The summed E-state index contributed by atoms with van der Waals surface area (Å²) in [6, 6.07) is 15.5. The quantitative estimate of drug-likeness (QED) is 0.301. The first kappa shape index (κ1) is 35.6. The number of piperidine rings is 2. The fraction of sp³-hybridized carbons (Fsp3) is 0.610. The van der Waals surface area contributed by atoms with Gasteiger partial charge in [0.25, 0.3) is 0 Å². The third-order valence-corrected chi connectivity index (χ3v) is 11.7. The van der Waals surface area contributed by atoms with Gasteiger partial charge in [0.1, 0.15) is 23.5 Å². The lowest BCUT2D eigenvalue weighted by Crippen LogP contribution is -2.74. The number of ether oxygens (including phenoxy) is 2. The van der Waals surface area contributed by atoms with E-state index in [1.807, 2.05) is 31.7 Å². The smallest absolute Gasteiger partial charge is 0.410 e. The van der Waals surface area contributed by atoms with Crippen LogP contribution in [-0.2, 0) is 11.3 Å². The van der Waals surface area contributed by atoms with Crippen molar-refractivity contribution in [3.05, 3.63) is 63.7 Å². The number of nitrogens with zero attached hydrogens (tertiary/aromatic N) is 4. The minimum Gasteiger partial charge on any atom is -0.489 e. The molecule has 1 atom stereocenters. The van der Waals surface area contributed by atoms with Crippen LogP contribution in [0.1, 0.15) is 109 Å². The summed E-state index contributed by atoms with van der Waals surface area (Å²) in [4.78, 5) is 19.6. The molecule has 1 aliphatic carbocycles. The van der Waals surface area contributed by atoms with Gasteiger partial charge in [-0.15, -0.1) is 0 Å². The van der Waals surface area contributed by atoms with E-state index in [2.05, 4.69) is 80.5 Å². The first-order valence-corrected chi connectivity index (χ1v) is 18.4. The molecule has 2 aromatic rings. The second kappa shape index (κ2) is 13.5. The number of fused-ring (bicyclic) bond motifs is 1. The third-order valence-electron chi connectivity index (χ3n) is 11.4. The Balaban J connectivity index is 1.03. The summed E-state index contributed by atoms with van der Waals surface area (Å²) in [5, 5.41) is 9.69. The van der Waals surface area contributed by atoms with E-state index < -0.39 is 5.60 Å². The zero-order valence-corrected chi connectivity index (χ0v) is 31.4. The number of carbonyl (C=O) groups excluding carboxylic acids is 1. The van der Waals surface area contributed by atoms with E-state index in [-0.39, 0.29) is 23.0 Å². The average Bonchev–Trinajstić information content (AvgIpc) is 3.35. The number of benzene rings is 2. The molecule has 3 aliphatic heterocycles. The molecule has 0 N–H and O–H groups in total. The van der Waals surface area contributed by atoms with Gasteiger partial charge in [-0.3, -0.25) is 4.90 Å². The van der Waals surface area contributed by atoms with Crippen LogP contribution >= 0.6 is 11.6 Å². The van der Waals surface area contributed by atoms with E-state index in [1.165, 1.54) is 11.1 Å². The minimum atomic E-state index is -0.453. The van der Waals surface area contributed by atoms with Gasteiger partial charge < -0.3 is 19.3 Å². The zero-order chi connectivity index (χ0) is 35.3. The summed E-state index contributed by atoms with van der Waals surface area (Å²) in [7, 11) is 0. The fourth-order valence-electron chi connectivity index (χ4n) is 9.45. The standard InChI is InChI=1S/C41H53ClN4O3/c1-27-34-14-11-29(10-9-28-15-19-44(20-16-28)32-17-21-45(22-18-32)38(47)49-39(2,3)4)23-31(34)26-46(27)36-40(5,6)37(41(36,7)8)48-33-13-12-30(25-43)35(42)24-33/h11-14,23-24,27-28,32,36-37H,15-22,26H2,1-8H3/t27?,36-,37-. The molecular formula is C41H53ClN4O3. The number of halogens is 1. The van der Waals surface area contributed by atoms with E-state index in [1.54, 1.807) is 12.1 Å². The molecule has 1 saturated carbocycles. The lowest BCUT2D eigenvalue weighted by atomic mass is 9.48. The third kappa shape index (κ3) is 7.18. The minimum absolute atomic E-state index is 0.00259. The normalized spacial score (nSPS) is 25.8. The van der Waals surface area contributed by atoms with Crippen LogP contribution in [0.5, 0.6) is 5.75 Å². The molecule has 7 nitrogen and oxygen atoms in total. The van der Waals surface area contributed by atoms with Gasteiger partial charge in [0.15, 0.2) is 0 Å². The molecule has 0 radical (unpaired) electrons. The summed E-state index contributed by atoms with van der Waals surface area (Å²) in [6.45, 7) is 21.9. The van der Waals surface area contributed by atoms with Gasteiger partial charge in [-0.05, 0) is 102 Å². The SMILES string of the molecule is CC1c2ccc(C#CC3CCN(C4CCN(C(=O)OC(C)(C)C)CC4)CC3)cc2CN1[C@H]1C(C)(C)[C@H](Oc2ccc(C#N)c(Cl)c2)C1(C)C. The molecule has 8 heteroatoms. The van der Waals surface area contributed by atoms with E-state index in [4.69, 9.17) is 21.1 Å². The van der Waals surface area contributed by atoms with Crippen molar-refractivity contribution in [2.45, 2.75) is 117 Å². The molecule has 4 aliphatic rings. The highest BCUT2D eigenvalue weighted by atomic mass is 35.5. The van der Waals surface area contributed by atoms with Crippen LogP contribution in [0.25, 0.3) is 0 Å². The maximum absolute atomic E-state index is 12.5. The number of hydrogen-bond acceptors (Lipinski definition) is 6. The van der Waals surface area contributed by atoms with Gasteiger partial charge in [-0.1, -0.05) is 57.2 Å². The summed E-state index contributed by atoms with van der Waals surface area (Å²) in [6.07, 6.45) is 4.03. The maximum atomic E-state index is 12.5. The van der Waals surface area contributed by atoms with E-state index >= 15 is 0 Å². The fourth-order valence-corrected chi connectivity index (χ4v) is 9.66. The summed E-state index contributed by atoms with van der Waals surface area (Å²) >= 11 is 6.32. The van der Waals surface area contributed by atoms with E-state index in [0.717, 1.165) is 64.0 Å². The zero-order valence-electron chi connectivity index (χ0n) is 30.6. The van der Waals surface area contributed by atoms with Crippen molar-refractivity contribution in [2.24, 2.45) is 16.7 Å². The van der Waals surface area contributed by atoms with Crippen LogP contribution in [0.15, 0.2) is 36.4 Å². The number of nitriles is 1. The predicted molar refractivity (Wildman–Crippen MR) is 194 cm³/mol. The van der Waals surface area contributed by atoms with Crippen molar-refractivity contribution in [2.75, 3.05) is 26.2 Å². The van der Waals surface area contributed by atoms with E-state index in [9.17, 15) is 10.1 Å². The van der Waals surface area contributed by atoms with Gasteiger partial charge >= 0.3 is 6.09 Å². The first-order chi connectivity index (χ1) is 23.1. The van der Waals surface area contributed by atoms with Crippen molar-refractivity contribution in [3.8, 4) is 23.7 Å². The van der Waals surface area contributed by atoms with Crippen molar-refractivity contribution in [1.29, 1.82) is 5.26 Å². The van der Waals surface area contributed by atoms with Crippen molar-refractivity contribution >= 4 is 17.7 Å². The molecule has 49 heavy (non-hydrogen) atoms. The highest BCUT2D eigenvalue weighted by Gasteiger charge is 2.66. The monoisotopic (exact) mass is 684 g/mol. The second-order valence-corrected chi connectivity index (χ2v) is 17.2. The van der Waals surface area contributed by atoms with Gasteiger partial charge in [0.05, 0.1) is 10.6 Å². The Morgan fingerprint density at radius 1 is 0.959 bits per heavy atom. The lowest BCUT2D eigenvalue weighted by Gasteiger charge is -2.66. The number of hydrogen-bond donors (Lipinski definition) is 0. The van der Waals surface area contributed by atoms with Crippen LogP contribution in [0.2, 0.25) is 5.02 Å². The summed E-state index contributed by atoms with van der Waals surface area (Å²) in [5.41, 5.74) is 3.71. The van der Waals surface area contributed by atoms with Gasteiger partial charge in [0.2, 0.25) is 0 Å². The highest BCUT2D eigenvalue weighted by molar-refractivity contribution is 6.31. The van der Waals surface area contributed by atoms with Crippen LogP contribution in [0, 0.1) is 39.9 Å². The molecule has 2 aromatic carbocycles. The van der Waals surface area contributed by atoms with Gasteiger partial charge in [0, 0.05) is 66.1 Å². The summed E-state index contributed by atoms with van der Waals surface area (Å²) < 4.78 is 12.2. The van der Waals surface area contributed by atoms with Crippen LogP contribution in [-0.4, -0.2) is 70.8 Å². The first-order valence-electron chi connectivity index (χ1n) is 18.1.